The summed E-state index contributed by atoms with van der Waals surface area (Å²) in [7, 11) is 6.64. The van der Waals surface area contributed by atoms with Crippen molar-refractivity contribution in [3.8, 4) is 0 Å². The van der Waals surface area contributed by atoms with Gasteiger partial charge in [0, 0.05) is 9.47 Å². The highest BCUT2D eigenvalue weighted by molar-refractivity contribution is 7.09. The number of nitrogens with zero attached hydrogens (tertiary/aromatic N) is 1. The third-order valence-corrected chi connectivity index (χ3v) is 5.63. The maximum Gasteiger partial charge on any atom is 0.335 e. The average Bonchev–Trinajstić information content (AvgIpc) is 2.63. The van der Waals surface area contributed by atoms with Gasteiger partial charge in [0.2, 0.25) is 0 Å². The summed E-state index contributed by atoms with van der Waals surface area (Å²) in [6.45, 7) is 6.86. The standard InChI is InChI=1S/C22H47NO3P/c1-5-7-9-10-11-12-13-14-15-16-18-23(3,4)19-20-25-22(24)21(26-27)17-8-6-2/h21H,5-20,27H2,1-4H3/q+1. The molecule has 4 nitrogen and oxygen atoms in total. The van der Waals surface area contributed by atoms with Crippen molar-refractivity contribution >= 4 is 15.4 Å². The first kappa shape index (κ1) is 26.8. The molecule has 2 atom stereocenters. The van der Waals surface area contributed by atoms with Crippen molar-refractivity contribution in [3.63, 3.8) is 0 Å². The molecule has 27 heavy (non-hydrogen) atoms. The number of carbonyl (C=O) groups is 1. The molecule has 0 amide bonds. The molecule has 0 saturated carbocycles. The van der Waals surface area contributed by atoms with Crippen molar-refractivity contribution in [1.29, 1.82) is 0 Å². The van der Waals surface area contributed by atoms with Gasteiger partial charge < -0.3 is 13.7 Å². The lowest BCUT2D eigenvalue weighted by Crippen LogP contribution is -2.43. The number of esters is 1. The van der Waals surface area contributed by atoms with Gasteiger partial charge in [-0.05, 0) is 19.3 Å². The van der Waals surface area contributed by atoms with Crippen LogP contribution in [0.15, 0.2) is 0 Å². The zero-order valence-corrected chi connectivity index (χ0v) is 19.8. The van der Waals surface area contributed by atoms with Crippen molar-refractivity contribution in [3.05, 3.63) is 0 Å². The molecule has 0 aliphatic rings. The van der Waals surface area contributed by atoms with E-state index in [9.17, 15) is 4.79 Å². The molecule has 0 fully saturated rings. The second-order valence-electron chi connectivity index (χ2n) is 8.50. The van der Waals surface area contributed by atoms with Crippen LogP contribution in [0, 0.1) is 0 Å². The van der Waals surface area contributed by atoms with Gasteiger partial charge in [0.15, 0.2) is 6.10 Å². The highest BCUT2D eigenvalue weighted by Gasteiger charge is 2.21. The van der Waals surface area contributed by atoms with Crippen LogP contribution in [0.1, 0.15) is 97.3 Å². The third-order valence-electron chi connectivity index (χ3n) is 5.30. The predicted molar refractivity (Wildman–Crippen MR) is 119 cm³/mol. The highest BCUT2D eigenvalue weighted by atomic mass is 31.0. The zero-order valence-electron chi connectivity index (χ0n) is 18.6. The smallest absolute Gasteiger partial charge is 0.335 e. The maximum absolute atomic E-state index is 12.0. The number of carbonyl (C=O) groups excluding carboxylic acids is 1. The van der Waals surface area contributed by atoms with Gasteiger partial charge in [0.25, 0.3) is 0 Å². The van der Waals surface area contributed by atoms with E-state index in [1.54, 1.807) is 0 Å². The molecule has 0 aromatic heterocycles. The largest absolute Gasteiger partial charge is 0.458 e. The minimum absolute atomic E-state index is 0.225. The Hall–Kier alpha value is -0.180. The Morgan fingerprint density at radius 2 is 1.33 bits per heavy atom. The molecule has 0 aliphatic heterocycles. The van der Waals surface area contributed by atoms with Crippen molar-refractivity contribution < 1.29 is 18.5 Å². The minimum Gasteiger partial charge on any atom is -0.458 e. The summed E-state index contributed by atoms with van der Waals surface area (Å²) >= 11 is 0. The molecule has 0 saturated heterocycles. The Balaban J connectivity index is 3.69. The van der Waals surface area contributed by atoms with Crippen molar-refractivity contribution in [1.82, 2.24) is 0 Å². The number of unbranched alkanes of at least 4 members (excludes halogenated alkanes) is 10. The van der Waals surface area contributed by atoms with Crippen molar-refractivity contribution in [2.45, 2.75) is 103 Å². The fourth-order valence-electron chi connectivity index (χ4n) is 3.26. The molecule has 0 aliphatic carbocycles. The summed E-state index contributed by atoms with van der Waals surface area (Å²) in [4.78, 5) is 12.0. The van der Waals surface area contributed by atoms with Gasteiger partial charge in [-0.15, -0.1) is 0 Å². The SMILES string of the molecule is CCCCCCCCCCCC[N+](C)(C)CCOC(=O)C(CCCC)OP. The summed E-state index contributed by atoms with van der Waals surface area (Å²) < 4.78 is 11.5. The Morgan fingerprint density at radius 1 is 0.815 bits per heavy atom. The van der Waals surface area contributed by atoms with Gasteiger partial charge in [-0.2, -0.15) is 0 Å². The van der Waals surface area contributed by atoms with Gasteiger partial charge in [-0.25, -0.2) is 4.79 Å². The van der Waals surface area contributed by atoms with Crippen LogP contribution in [0.2, 0.25) is 0 Å². The van der Waals surface area contributed by atoms with E-state index < -0.39 is 6.10 Å². The van der Waals surface area contributed by atoms with Gasteiger partial charge in [-0.3, -0.25) is 0 Å². The van der Waals surface area contributed by atoms with Crippen LogP contribution < -0.4 is 0 Å². The van der Waals surface area contributed by atoms with Crippen LogP contribution in [0.3, 0.4) is 0 Å². The lowest BCUT2D eigenvalue weighted by molar-refractivity contribution is -0.890. The van der Waals surface area contributed by atoms with Crippen LogP contribution in [-0.2, 0) is 14.1 Å². The molecular formula is C22H47NO3P+. The fraction of sp³-hybridized carbons (Fsp3) is 0.955. The molecule has 0 aromatic rings. The van der Waals surface area contributed by atoms with E-state index in [1.807, 2.05) is 0 Å². The second kappa shape index (κ2) is 17.9. The van der Waals surface area contributed by atoms with Gasteiger partial charge in [-0.1, -0.05) is 78.1 Å². The van der Waals surface area contributed by atoms with Gasteiger partial charge >= 0.3 is 5.97 Å². The number of rotatable bonds is 19. The molecule has 0 aromatic carbocycles. The molecule has 162 valence electrons. The quantitative estimate of drug-likeness (QED) is 0.116. The van der Waals surface area contributed by atoms with E-state index >= 15 is 0 Å². The Morgan fingerprint density at radius 3 is 1.85 bits per heavy atom. The molecule has 2 unspecified atom stereocenters. The molecule has 0 rings (SSSR count). The molecular weight excluding hydrogens is 357 g/mol. The molecule has 0 radical (unpaired) electrons. The first-order valence-corrected chi connectivity index (χ1v) is 11.8. The third kappa shape index (κ3) is 16.5. The summed E-state index contributed by atoms with van der Waals surface area (Å²) in [5.41, 5.74) is 0. The molecule has 5 heteroatoms. The van der Waals surface area contributed by atoms with E-state index in [0.717, 1.165) is 36.8 Å². The lowest BCUT2D eigenvalue weighted by Gasteiger charge is -2.29. The topological polar surface area (TPSA) is 35.5 Å². The summed E-state index contributed by atoms with van der Waals surface area (Å²) in [5.74, 6) is -0.225. The van der Waals surface area contributed by atoms with E-state index in [2.05, 4.69) is 37.4 Å². The maximum atomic E-state index is 12.0. The molecule has 0 heterocycles. The molecule has 0 spiro atoms. The first-order chi connectivity index (χ1) is 13.0. The second-order valence-corrected chi connectivity index (χ2v) is 8.77. The van der Waals surface area contributed by atoms with Crippen molar-refractivity contribution in [2.75, 3.05) is 33.8 Å². The predicted octanol–water partition coefficient (Wildman–Crippen LogP) is 5.89. The van der Waals surface area contributed by atoms with Crippen LogP contribution >= 0.6 is 9.47 Å². The van der Waals surface area contributed by atoms with Crippen LogP contribution in [0.25, 0.3) is 0 Å². The summed E-state index contributed by atoms with van der Waals surface area (Å²) in [5, 5.41) is 0. The fourth-order valence-corrected chi connectivity index (χ4v) is 3.50. The summed E-state index contributed by atoms with van der Waals surface area (Å²) in [6, 6.07) is 0. The first-order valence-electron chi connectivity index (χ1n) is 11.3. The van der Waals surface area contributed by atoms with Crippen LogP contribution in [0.5, 0.6) is 0 Å². The number of likely N-dealkylation sites (N-methyl/N-ethyl adjacent to an activating group) is 1. The van der Waals surface area contributed by atoms with Crippen LogP contribution in [0.4, 0.5) is 0 Å². The Kier molecular flexibility index (Phi) is 17.8. The monoisotopic (exact) mass is 404 g/mol. The zero-order chi connectivity index (χ0) is 20.4. The molecule has 0 bridgehead atoms. The number of hydrogen-bond acceptors (Lipinski definition) is 3. The number of hydrogen-bond donors (Lipinski definition) is 0. The van der Waals surface area contributed by atoms with Gasteiger partial charge in [0.1, 0.15) is 13.2 Å². The lowest BCUT2D eigenvalue weighted by atomic mass is 10.1. The number of ether oxygens (including phenoxy) is 1. The molecule has 0 N–H and O–H groups in total. The van der Waals surface area contributed by atoms with E-state index in [1.165, 1.54) is 64.2 Å². The number of quaternary nitrogens is 1. The van der Waals surface area contributed by atoms with Crippen LogP contribution in [-0.4, -0.2) is 50.3 Å². The normalized spacial score (nSPS) is 12.9. The van der Waals surface area contributed by atoms with E-state index in [-0.39, 0.29) is 5.97 Å². The van der Waals surface area contributed by atoms with E-state index in [0.29, 0.717) is 6.61 Å². The van der Waals surface area contributed by atoms with Gasteiger partial charge in [0.05, 0.1) is 20.6 Å². The minimum atomic E-state index is -0.437. The Labute approximate surface area is 171 Å². The highest BCUT2D eigenvalue weighted by Crippen LogP contribution is 2.12. The summed E-state index contributed by atoms with van der Waals surface area (Å²) in [6.07, 6.45) is 16.0. The van der Waals surface area contributed by atoms with E-state index in [4.69, 9.17) is 9.26 Å². The van der Waals surface area contributed by atoms with Crippen molar-refractivity contribution in [2.24, 2.45) is 0 Å². The average molecular weight is 405 g/mol. The Bertz CT molecular complexity index is 350.